The first-order valence-corrected chi connectivity index (χ1v) is 6.82. The maximum atomic E-state index is 13.2. The van der Waals surface area contributed by atoms with Gasteiger partial charge in [-0.3, -0.25) is 4.79 Å². The average Bonchev–Trinajstić information content (AvgIpc) is 2.37. The van der Waals surface area contributed by atoms with Gasteiger partial charge in [-0.25, -0.2) is 26.3 Å². The van der Waals surface area contributed by atoms with Gasteiger partial charge in [-0.2, -0.15) is 0 Å². The van der Waals surface area contributed by atoms with Gasteiger partial charge in [-0.1, -0.05) is 0 Å². The first-order chi connectivity index (χ1) is 8.76. The smallest absolute Gasteiger partial charge is 0.239 e. The number of hydrogen-bond donors (Lipinski definition) is 2. The second kappa shape index (κ2) is 6.02. The number of halogens is 3. The number of rotatable bonds is 5. The van der Waals surface area contributed by atoms with Gasteiger partial charge in [-0.15, -0.1) is 0 Å². The molecule has 0 unspecified atom stereocenters. The molecule has 2 N–H and O–H groups in total. The standard InChI is InChI=1S/C10H11F3N2O3S/c1-2-19(17,18)14-5-8(16)15-7-4-3-6(11)9(12)10(7)13/h3-4,14H,2,5H2,1H3,(H,15,16). The Hall–Kier alpha value is -1.61. The van der Waals surface area contributed by atoms with Gasteiger partial charge in [0, 0.05) is 0 Å². The summed E-state index contributed by atoms with van der Waals surface area (Å²) in [5.74, 6) is -5.78. The van der Waals surface area contributed by atoms with Crippen LogP contribution >= 0.6 is 0 Å². The molecule has 0 radical (unpaired) electrons. The van der Waals surface area contributed by atoms with E-state index in [0.29, 0.717) is 6.07 Å². The molecule has 1 aromatic rings. The number of carbonyl (C=O) groups excluding carboxylic acids is 1. The Kier molecular flexibility index (Phi) is 4.90. The lowest BCUT2D eigenvalue weighted by atomic mass is 10.3. The van der Waals surface area contributed by atoms with E-state index in [1.165, 1.54) is 6.92 Å². The molecule has 0 heterocycles. The maximum absolute atomic E-state index is 13.2. The summed E-state index contributed by atoms with van der Waals surface area (Å²) >= 11 is 0. The van der Waals surface area contributed by atoms with E-state index in [-0.39, 0.29) is 5.75 Å². The highest BCUT2D eigenvalue weighted by Gasteiger charge is 2.16. The second-order valence-electron chi connectivity index (χ2n) is 3.50. The summed E-state index contributed by atoms with van der Waals surface area (Å²) in [6.45, 7) is 0.740. The van der Waals surface area contributed by atoms with Gasteiger partial charge in [0.1, 0.15) is 0 Å². The quantitative estimate of drug-likeness (QED) is 0.795. The molecule has 19 heavy (non-hydrogen) atoms. The van der Waals surface area contributed by atoms with E-state index in [4.69, 9.17) is 0 Å². The molecule has 9 heteroatoms. The van der Waals surface area contributed by atoms with Crippen LogP contribution in [0, 0.1) is 17.5 Å². The number of sulfonamides is 1. The van der Waals surface area contributed by atoms with E-state index in [0.717, 1.165) is 6.07 Å². The molecule has 106 valence electrons. The summed E-state index contributed by atoms with van der Waals surface area (Å²) < 4.78 is 62.7. The zero-order valence-corrected chi connectivity index (χ0v) is 10.7. The highest BCUT2D eigenvalue weighted by molar-refractivity contribution is 7.89. The van der Waals surface area contributed by atoms with Crippen LogP contribution in [0.2, 0.25) is 0 Å². The fraction of sp³-hybridized carbons (Fsp3) is 0.300. The lowest BCUT2D eigenvalue weighted by molar-refractivity contribution is -0.115. The molecule has 0 aliphatic rings. The molecule has 0 saturated heterocycles. The van der Waals surface area contributed by atoms with Crippen LogP contribution in [0.15, 0.2) is 12.1 Å². The van der Waals surface area contributed by atoms with E-state index in [2.05, 4.69) is 0 Å². The minimum absolute atomic E-state index is 0.222. The summed E-state index contributed by atoms with van der Waals surface area (Å²) in [6, 6.07) is 1.48. The molecule has 0 spiro atoms. The van der Waals surface area contributed by atoms with Crippen molar-refractivity contribution >= 4 is 21.6 Å². The van der Waals surface area contributed by atoms with E-state index in [9.17, 15) is 26.4 Å². The molecule has 0 saturated carbocycles. The minimum Gasteiger partial charge on any atom is -0.322 e. The third-order valence-corrected chi connectivity index (χ3v) is 3.49. The highest BCUT2D eigenvalue weighted by Crippen LogP contribution is 2.19. The summed E-state index contributed by atoms with van der Waals surface area (Å²) in [4.78, 5) is 11.3. The molecule has 1 amide bonds. The van der Waals surface area contributed by atoms with Crippen molar-refractivity contribution in [3.63, 3.8) is 0 Å². The van der Waals surface area contributed by atoms with Gasteiger partial charge < -0.3 is 5.32 Å². The third-order valence-electron chi connectivity index (χ3n) is 2.14. The van der Waals surface area contributed by atoms with E-state index < -0.39 is 45.6 Å². The zero-order chi connectivity index (χ0) is 14.6. The fourth-order valence-corrected chi connectivity index (χ4v) is 1.65. The van der Waals surface area contributed by atoms with Crippen molar-refractivity contribution in [3.8, 4) is 0 Å². The molecule has 5 nitrogen and oxygen atoms in total. The molecule has 0 aliphatic carbocycles. The highest BCUT2D eigenvalue weighted by atomic mass is 32.2. The summed E-state index contributed by atoms with van der Waals surface area (Å²) in [6.07, 6.45) is 0. The van der Waals surface area contributed by atoms with Crippen molar-refractivity contribution in [3.05, 3.63) is 29.6 Å². The van der Waals surface area contributed by atoms with Crippen LogP contribution in [-0.2, 0) is 14.8 Å². The third kappa shape index (κ3) is 4.21. The molecular formula is C10H11F3N2O3S. The number of hydrogen-bond acceptors (Lipinski definition) is 3. The Morgan fingerprint density at radius 3 is 2.42 bits per heavy atom. The van der Waals surface area contributed by atoms with Crippen LogP contribution < -0.4 is 10.0 Å². The second-order valence-corrected chi connectivity index (χ2v) is 5.59. The zero-order valence-electron chi connectivity index (χ0n) is 9.84. The van der Waals surface area contributed by atoms with Crippen LogP contribution in [0.5, 0.6) is 0 Å². The molecular weight excluding hydrogens is 285 g/mol. The molecule has 0 aromatic heterocycles. The molecule has 0 fully saturated rings. The van der Waals surface area contributed by atoms with Crippen molar-refractivity contribution in [2.24, 2.45) is 0 Å². The van der Waals surface area contributed by atoms with Crippen LogP contribution in [0.1, 0.15) is 6.92 Å². The predicted molar refractivity (Wildman–Crippen MR) is 62.4 cm³/mol. The van der Waals surface area contributed by atoms with E-state index in [1.54, 1.807) is 0 Å². The van der Waals surface area contributed by atoms with Crippen LogP contribution in [-0.4, -0.2) is 26.6 Å². The summed E-state index contributed by atoms with van der Waals surface area (Å²) in [5.41, 5.74) is -0.570. The van der Waals surface area contributed by atoms with Crippen LogP contribution in [0.4, 0.5) is 18.9 Å². The summed E-state index contributed by atoms with van der Waals surface area (Å²) in [7, 11) is -3.57. The number of anilines is 1. The van der Waals surface area contributed by atoms with Crippen molar-refractivity contribution in [2.45, 2.75) is 6.92 Å². The molecule has 0 atom stereocenters. The Morgan fingerprint density at radius 2 is 1.84 bits per heavy atom. The topological polar surface area (TPSA) is 75.3 Å². The van der Waals surface area contributed by atoms with E-state index >= 15 is 0 Å². The largest absolute Gasteiger partial charge is 0.322 e. The lowest BCUT2D eigenvalue weighted by Gasteiger charge is -2.08. The van der Waals surface area contributed by atoms with E-state index in [1.807, 2.05) is 10.0 Å². The number of amides is 1. The lowest BCUT2D eigenvalue weighted by Crippen LogP contribution is -2.34. The predicted octanol–water partition coefficient (Wildman–Crippen LogP) is 0.982. The molecule has 1 aromatic carbocycles. The molecule has 0 aliphatic heterocycles. The Labute approximate surface area is 107 Å². The fourth-order valence-electron chi connectivity index (χ4n) is 1.09. The monoisotopic (exact) mass is 296 g/mol. The SMILES string of the molecule is CCS(=O)(=O)NCC(=O)Nc1ccc(F)c(F)c1F. The van der Waals surface area contributed by atoms with Gasteiger partial charge in [-0.05, 0) is 19.1 Å². The first-order valence-electron chi connectivity index (χ1n) is 5.17. The van der Waals surface area contributed by atoms with Crippen molar-refractivity contribution in [1.82, 2.24) is 4.72 Å². The first kappa shape index (κ1) is 15.4. The van der Waals surface area contributed by atoms with Gasteiger partial charge in [0.2, 0.25) is 15.9 Å². The Balaban J connectivity index is 2.71. The molecule has 1 rings (SSSR count). The Bertz CT molecular complexity index is 590. The number of carbonyl (C=O) groups is 1. The van der Waals surface area contributed by atoms with Gasteiger partial charge >= 0.3 is 0 Å². The van der Waals surface area contributed by atoms with Crippen molar-refractivity contribution in [1.29, 1.82) is 0 Å². The van der Waals surface area contributed by atoms with Crippen molar-refractivity contribution < 1.29 is 26.4 Å². The van der Waals surface area contributed by atoms with Gasteiger partial charge in [0.15, 0.2) is 17.5 Å². The van der Waals surface area contributed by atoms with Crippen LogP contribution in [0.3, 0.4) is 0 Å². The minimum atomic E-state index is -3.57. The molecule has 0 bridgehead atoms. The maximum Gasteiger partial charge on any atom is 0.239 e. The van der Waals surface area contributed by atoms with Gasteiger partial charge in [0.25, 0.3) is 0 Å². The van der Waals surface area contributed by atoms with Gasteiger partial charge in [0.05, 0.1) is 18.0 Å². The van der Waals surface area contributed by atoms with Crippen LogP contribution in [0.25, 0.3) is 0 Å². The summed E-state index contributed by atoms with van der Waals surface area (Å²) in [5, 5.41) is 1.93. The Morgan fingerprint density at radius 1 is 1.21 bits per heavy atom. The average molecular weight is 296 g/mol. The normalized spacial score (nSPS) is 11.4. The number of benzene rings is 1. The number of nitrogens with one attached hydrogen (secondary N) is 2. The van der Waals surface area contributed by atoms with Crippen molar-refractivity contribution in [2.75, 3.05) is 17.6 Å².